The minimum atomic E-state index is -1.05. The van der Waals surface area contributed by atoms with Crippen LogP contribution in [0.15, 0.2) is 18.2 Å². The van der Waals surface area contributed by atoms with Crippen molar-refractivity contribution in [2.45, 2.75) is 18.9 Å². The van der Waals surface area contributed by atoms with Gasteiger partial charge in [0.2, 0.25) is 0 Å². The second-order valence-corrected chi connectivity index (χ2v) is 5.11. The third-order valence-electron chi connectivity index (χ3n) is 2.37. The van der Waals surface area contributed by atoms with Gasteiger partial charge in [-0.15, -0.1) is 0 Å². The Kier molecular flexibility index (Phi) is 3.51. The van der Waals surface area contributed by atoms with Gasteiger partial charge in [-0.25, -0.2) is 9.59 Å². The number of carbonyl (C=O) groups excluding carboxylic acids is 1. The summed E-state index contributed by atoms with van der Waals surface area (Å²) in [6.45, 7) is 0. The minimum absolute atomic E-state index is 0.0999. The van der Waals surface area contributed by atoms with Crippen molar-refractivity contribution in [3.05, 3.63) is 27.3 Å². The first kappa shape index (κ1) is 12.2. The number of amides is 2. The van der Waals surface area contributed by atoms with E-state index in [1.54, 1.807) is 12.1 Å². The van der Waals surface area contributed by atoms with E-state index in [0.717, 1.165) is 16.4 Å². The molecule has 0 aromatic heterocycles. The standard InChI is InChI=1S/C11H11IN2O3/c12-6-1-4-9(8(5-6)10(15)16)14-11(17)13-7-2-3-7/h1,4-5,7H,2-3H2,(H,15,16)(H2,13,14,17). The highest BCUT2D eigenvalue weighted by Crippen LogP contribution is 2.21. The zero-order valence-corrected chi connectivity index (χ0v) is 11.0. The van der Waals surface area contributed by atoms with E-state index in [4.69, 9.17) is 5.11 Å². The number of carboxylic acid groups (broad SMARTS) is 1. The van der Waals surface area contributed by atoms with Gasteiger partial charge in [0.1, 0.15) is 0 Å². The molecule has 0 aliphatic heterocycles. The number of anilines is 1. The van der Waals surface area contributed by atoms with Crippen molar-refractivity contribution in [2.24, 2.45) is 0 Å². The van der Waals surface area contributed by atoms with E-state index in [1.165, 1.54) is 6.07 Å². The normalized spacial score (nSPS) is 14.2. The average molecular weight is 346 g/mol. The van der Waals surface area contributed by atoms with Crippen LogP contribution in [0.25, 0.3) is 0 Å². The number of rotatable bonds is 3. The fourth-order valence-electron chi connectivity index (χ4n) is 1.37. The van der Waals surface area contributed by atoms with Gasteiger partial charge in [0.25, 0.3) is 0 Å². The average Bonchev–Trinajstić information content (AvgIpc) is 3.04. The largest absolute Gasteiger partial charge is 0.478 e. The van der Waals surface area contributed by atoms with Crippen LogP contribution in [0, 0.1) is 3.57 Å². The zero-order chi connectivity index (χ0) is 12.4. The monoisotopic (exact) mass is 346 g/mol. The molecule has 1 aliphatic rings. The molecule has 0 saturated heterocycles. The maximum atomic E-state index is 11.5. The third-order valence-corrected chi connectivity index (χ3v) is 3.04. The Morgan fingerprint density at radius 3 is 2.65 bits per heavy atom. The molecule has 6 heteroatoms. The number of halogens is 1. The van der Waals surface area contributed by atoms with E-state index in [1.807, 2.05) is 22.6 Å². The smallest absolute Gasteiger partial charge is 0.337 e. The molecule has 2 rings (SSSR count). The molecule has 1 aliphatic carbocycles. The van der Waals surface area contributed by atoms with Gasteiger partial charge in [0, 0.05) is 9.61 Å². The molecule has 1 aromatic rings. The van der Waals surface area contributed by atoms with Crippen molar-refractivity contribution >= 4 is 40.3 Å². The van der Waals surface area contributed by atoms with Crippen molar-refractivity contribution in [1.29, 1.82) is 0 Å². The Bertz CT molecular complexity index is 472. The number of hydrogen-bond donors (Lipinski definition) is 3. The number of nitrogens with one attached hydrogen (secondary N) is 2. The lowest BCUT2D eigenvalue weighted by Crippen LogP contribution is -2.31. The molecule has 17 heavy (non-hydrogen) atoms. The minimum Gasteiger partial charge on any atom is -0.478 e. The summed E-state index contributed by atoms with van der Waals surface area (Å²) in [7, 11) is 0. The van der Waals surface area contributed by atoms with Gasteiger partial charge in [-0.05, 0) is 53.6 Å². The number of carboxylic acids is 1. The quantitative estimate of drug-likeness (QED) is 0.735. The number of aromatic carboxylic acids is 1. The maximum Gasteiger partial charge on any atom is 0.337 e. The third kappa shape index (κ3) is 3.32. The second-order valence-electron chi connectivity index (χ2n) is 3.87. The highest BCUT2D eigenvalue weighted by atomic mass is 127. The van der Waals surface area contributed by atoms with Gasteiger partial charge < -0.3 is 15.7 Å². The number of benzene rings is 1. The van der Waals surface area contributed by atoms with Gasteiger partial charge >= 0.3 is 12.0 Å². The molecule has 3 N–H and O–H groups in total. The van der Waals surface area contributed by atoms with E-state index >= 15 is 0 Å². The number of carbonyl (C=O) groups is 2. The molecule has 0 atom stereocenters. The van der Waals surface area contributed by atoms with Crippen LogP contribution in [-0.2, 0) is 0 Å². The van der Waals surface area contributed by atoms with E-state index in [0.29, 0.717) is 5.69 Å². The van der Waals surface area contributed by atoms with Gasteiger partial charge in [0.15, 0.2) is 0 Å². The first-order valence-corrected chi connectivity index (χ1v) is 6.24. The van der Waals surface area contributed by atoms with Crippen molar-refractivity contribution in [2.75, 3.05) is 5.32 Å². The first-order valence-electron chi connectivity index (χ1n) is 5.16. The first-order chi connectivity index (χ1) is 8.06. The van der Waals surface area contributed by atoms with Crippen LogP contribution in [0.5, 0.6) is 0 Å². The van der Waals surface area contributed by atoms with E-state index in [-0.39, 0.29) is 17.6 Å². The molecule has 0 heterocycles. The van der Waals surface area contributed by atoms with Crippen molar-refractivity contribution in [3.8, 4) is 0 Å². The molecule has 0 radical (unpaired) electrons. The summed E-state index contributed by atoms with van der Waals surface area (Å²) in [5.41, 5.74) is 0.416. The Morgan fingerprint density at radius 2 is 2.06 bits per heavy atom. The molecular formula is C11H11IN2O3. The SMILES string of the molecule is O=C(Nc1ccc(I)cc1C(=O)O)NC1CC1. The molecule has 0 bridgehead atoms. The van der Waals surface area contributed by atoms with Crippen LogP contribution in [0.1, 0.15) is 23.2 Å². The molecule has 0 unspecified atom stereocenters. The van der Waals surface area contributed by atoms with Crippen LogP contribution in [0.4, 0.5) is 10.5 Å². The van der Waals surface area contributed by atoms with Crippen molar-refractivity contribution < 1.29 is 14.7 Å². The van der Waals surface area contributed by atoms with Crippen LogP contribution in [0.3, 0.4) is 0 Å². The van der Waals surface area contributed by atoms with Crippen molar-refractivity contribution in [1.82, 2.24) is 5.32 Å². The Balaban J connectivity index is 2.13. The van der Waals surface area contributed by atoms with Crippen LogP contribution in [0.2, 0.25) is 0 Å². The summed E-state index contributed by atoms with van der Waals surface area (Å²) >= 11 is 2.03. The summed E-state index contributed by atoms with van der Waals surface area (Å²) in [6.07, 6.45) is 1.98. The van der Waals surface area contributed by atoms with E-state index < -0.39 is 5.97 Å². The van der Waals surface area contributed by atoms with Gasteiger partial charge in [-0.3, -0.25) is 0 Å². The summed E-state index contributed by atoms with van der Waals surface area (Å²) in [6, 6.07) is 4.76. The molecule has 2 amide bonds. The molecule has 1 aromatic carbocycles. The van der Waals surface area contributed by atoms with Gasteiger partial charge in [0.05, 0.1) is 11.3 Å². The summed E-state index contributed by atoms with van der Waals surface area (Å²) in [5, 5.41) is 14.3. The predicted molar refractivity (Wildman–Crippen MR) is 71.3 cm³/mol. The van der Waals surface area contributed by atoms with Gasteiger partial charge in [-0.2, -0.15) is 0 Å². The molecule has 0 spiro atoms. The molecule has 1 fully saturated rings. The number of urea groups is 1. The molecule has 5 nitrogen and oxygen atoms in total. The molecule has 1 saturated carbocycles. The lowest BCUT2D eigenvalue weighted by Gasteiger charge is -2.09. The second kappa shape index (κ2) is 4.91. The van der Waals surface area contributed by atoms with Crippen LogP contribution in [-0.4, -0.2) is 23.1 Å². The fraction of sp³-hybridized carbons (Fsp3) is 0.273. The summed E-state index contributed by atoms with van der Waals surface area (Å²) in [4.78, 5) is 22.5. The lowest BCUT2D eigenvalue weighted by atomic mass is 10.2. The highest BCUT2D eigenvalue weighted by molar-refractivity contribution is 14.1. The maximum absolute atomic E-state index is 11.5. The summed E-state index contributed by atoms with van der Waals surface area (Å²) < 4.78 is 0.813. The zero-order valence-electron chi connectivity index (χ0n) is 8.87. The predicted octanol–water partition coefficient (Wildman–Crippen LogP) is 2.27. The van der Waals surface area contributed by atoms with Crippen LogP contribution < -0.4 is 10.6 Å². The van der Waals surface area contributed by atoms with Crippen LogP contribution >= 0.6 is 22.6 Å². The Labute approximate surface area is 112 Å². The Hall–Kier alpha value is -1.31. The number of hydrogen-bond acceptors (Lipinski definition) is 2. The fourth-order valence-corrected chi connectivity index (χ4v) is 1.87. The van der Waals surface area contributed by atoms with Crippen molar-refractivity contribution in [3.63, 3.8) is 0 Å². The lowest BCUT2D eigenvalue weighted by molar-refractivity contribution is 0.0698. The molecular weight excluding hydrogens is 335 g/mol. The topological polar surface area (TPSA) is 78.4 Å². The molecule has 90 valence electrons. The Morgan fingerprint density at radius 1 is 1.35 bits per heavy atom. The highest BCUT2D eigenvalue weighted by Gasteiger charge is 2.23. The van der Waals surface area contributed by atoms with E-state index in [9.17, 15) is 9.59 Å². The van der Waals surface area contributed by atoms with E-state index in [2.05, 4.69) is 10.6 Å². The summed E-state index contributed by atoms with van der Waals surface area (Å²) in [5.74, 6) is -1.05. The van der Waals surface area contributed by atoms with Gasteiger partial charge in [-0.1, -0.05) is 0 Å².